The van der Waals surface area contributed by atoms with E-state index in [0.717, 1.165) is 9.87 Å². The van der Waals surface area contributed by atoms with Gasteiger partial charge in [-0.1, -0.05) is 35.3 Å². The molecule has 0 aliphatic rings. The van der Waals surface area contributed by atoms with Crippen LogP contribution in [0.3, 0.4) is 0 Å². The summed E-state index contributed by atoms with van der Waals surface area (Å²) in [4.78, 5) is -0.0561. The molecule has 0 bridgehead atoms. The Bertz CT molecular complexity index is 1010. The summed E-state index contributed by atoms with van der Waals surface area (Å²) in [5.74, 6) is -0.200. The molecule has 1 N–H and O–H groups in total. The van der Waals surface area contributed by atoms with Crippen LogP contribution in [-0.4, -0.2) is 41.0 Å². The smallest absolute Gasteiger partial charge is 0.242 e. The van der Waals surface area contributed by atoms with E-state index in [1.807, 2.05) is 0 Å². The number of hydrogen-bond donors (Lipinski definition) is 1. The first-order chi connectivity index (χ1) is 12.0. The van der Waals surface area contributed by atoms with Crippen LogP contribution in [0.5, 0.6) is 0 Å². The second-order valence-corrected chi connectivity index (χ2v) is 10.6. The van der Waals surface area contributed by atoms with E-state index in [0.29, 0.717) is 5.02 Å². The predicted molar refractivity (Wildman–Crippen MR) is 105 cm³/mol. The molecule has 0 fully saturated rings. The van der Waals surface area contributed by atoms with E-state index >= 15 is 0 Å². The van der Waals surface area contributed by atoms with Crippen LogP contribution in [0.2, 0.25) is 10.0 Å². The van der Waals surface area contributed by atoms with Gasteiger partial charge < -0.3 is 0 Å². The summed E-state index contributed by atoms with van der Waals surface area (Å²) in [6.45, 7) is 0. The summed E-state index contributed by atoms with van der Waals surface area (Å²) in [5.41, 5.74) is 0.790. The Balaban J connectivity index is 2.21. The lowest BCUT2D eigenvalue weighted by atomic mass is 10.2. The molecule has 0 unspecified atom stereocenters. The molecule has 0 aliphatic carbocycles. The number of hydrogen-bond acceptors (Lipinski definition) is 4. The minimum absolute atomic E-state index is 0.0145. The first kappa shape index (κ1) is 21.0. The van der Waals surface area contributed by atoms with Gasteiger partial charge in [0.25, 0.3) is 0 Å². The highest BCUT2D eigenvalue weighted by Crippen LogP contribution is 2.27. The Hall–Kier alpha value is -1.32. The molecule has 0 saturated carbocycles. The third-order valence-corrected chi connectivity index (χ3v) is 7.18. The van der Waals surface area contributed by atoms with Gasteiger partial charge in [0.05, 0.1) is 21.4 Å². The second kappa shape index (κ2) is 8.14. The fourth-order valence-electron chi connectivity index (χ4n) is 2.12. The molecule has 142 valence electrons. The average Bonchev–Trinajstić information content (AvgIpc) is 2.55. The van der Waals surface area contributed by atoms with Gasteiger partial charge >= 0.3 is 0 Å². The van der Waals surface area contributed by atoms with Crippen LogP contribution < -0.4 is 4.72 Å². The van der Waals surface area contributed by atoms with E-state index in [2.05, 4.69) is 4.72 Å². The maximum atomic E-state index is 12.3. The molecule has 0 spiro atoms. The Morgan fingerprint density at radius 1 is 1.00 bits per heavy atom. The third kappa shape index (κ3) is 5.34. The van der Waals surface area contributed by atoms with E-state index in [4.69, 9.17) is 23.2 Å². The minimum Gasteiger partial charge on any atom is -0.282 e. The van der Waals surface area contributed by atoms with Crippen LogP contribution in [0.25, 0.3) is 0 Å². The SMILES string of the molecule is CN(C)S(=O)(=O)c1ccc(Cl)c(NS(=O)(=O)CCc2cccc(Cl)c2)c1. The number of nitrogens with one attached hydrogen (secondary N) is 1. The highest BCUT2D eigenvalue weighted by atomic mass is 35.5. The molecule has 2 aromatic rings. The van der Waals surface area contributed by atoms with Gasteiger partial charge in [0.15, 0.2) is 0 Å². The summed E-state index contributed by atoms with van der Waals surface area (Å²) >= 11 is 11.9. The van der Waals surface area contributed by atoms with Gasteiger partial charge in [0.2, 0.25) is 20.0 Å². The van der Waals surface area contributed by atoms with Gasteiger partial charge in [-0.15, -0.1) is 0 Å². The molecule has 2 aromatic carbocycles. The third-order valence-electron chi connectivity index (χ3n) is 3.53. The number of halogens is 2. The monoisotopic (exact) mass is 436 g/mol. The van der Waals surface area contributed by atoms with Gasteiger partial charge in [-0.25, -0.2) is 21.1 Å². The van der Waals surface area contributed by atoms with Crippen molar-refractivity contribution in [3.8, 4) is 0 Å². The average molecular weight is 437 g/mol. The summed E-state index contributed by atoms with van der Waals surface area (Å²) in [6, 6.07) is 10.8. The van der Waals surface area contributed by atoms with Crippen molar-refractivity contribution >= 4 is 48.9 Å². The zero-order valence-electron chi connectivity index (χ0n) is 14.1. The minimum atomic E-state index is -3.74. The van der Waals surface area contributed by atoms with Gasteiger partial charge in [-0.2, -0.15) is 0 Å². The lowest BCUT2D eigenvalue weighted by Gasteiger charge is -2.14. The number of rotatable bonds is 7. The zero-order chi connectivity index (χ0) is 19.5. The normalized spacial score (nSPS) is 12.3. The number of anilines is 1. The molecule has 6 nitrogen and oxygen atoms in total. The van der Waals surface area contributed by atoms with E-state index in [1.165, 1.54) is 32.3 Å². The fourth-order valence-corrected chi connectivity index (χ4v) is 4.59. The second-order valence-electron chi connectivity index (χ2n) is 5.73. The number of sulfonamides is 2. The largest absolute Gasteiger partial charge is 0.282 e. The quantitative estimate of drug-likeness (QED) is 0.721. The van der Waals surface area contributed by atoms with Crippen molar-refractivity contribution in [2.75, 3.05) is 24.6 Å². The Labute approximate surface area is 163 Å². The molecular formula is C16H18Cl2N2O4S2. The molecule has 10 heteroatoms. The van der Waals surface area contributed by atoms with Crippen molar-refractivity contribution in [1.82, 2.24) is 4.31 Å². The van der Waals surface area contributed by atoms with Crippen LogP contribution >= 0.6 is 23.2 Å². The lowest BCUT2D eigenvalue weighted by Crippen LogP contribution is -2.23. The van der Waals surface area contributed by atoms with Crippen LogP contribution in [-0.2, 0) is 26.5 Å². The first-order valence-electron chi connectivity index (χ1n) is 7.48. The molecule has 26 heavy (non-hydrogen) atoms. The van der Waals surface area contributed by atoms with Gasteiger partial charge in [-0.3, -0.25) is 4.72 Å². The highest BCUT2D eigenvalue weighted by Gasteiger charge is 2.20. The van der Waals surface area contributed by atoms with Crippen molar-refractivity contribution in [3.63, 3.8) is 0 Å². The zero-order valence-corrected chi connectivity index (χ0v) is 17.3. The first-order valence-corrected chi connectivity index (χ1v) is 11.3. The van der Waals surface area contributed by atoms with E-state index in [1.54, 1.807) is 24.3 Å². The van der Waals surface area contributed by atoms with Crippen molar-refractivity contribution in [3.05, 3.63) is 58.1 Å². The molecule has 0 atom stereocenters. The van der Waals surface area contributed by atoms with E-state index in [9.17, 15) is 16.8 Å². The van der Waals surface area contributed by atoms with Crippen molar-refractivity contribution in [1.29, 1.82) is 0 Å². The highest BCUT2D eigenvalue weighted by molar-refractivity contribution is 7.92. The summed E-state index contributed by atoms with van der Waals surface area (Å²) < 4.78 is 52.5. The van der Waals surface area contributed by atoms with Crippen molar-refractivity contribution < 1.29 is 16.8 Å². The van der Waals surface area contributed by atoms with Crippen LogP contribution in [0, 0.1) is 0 Å². The predicted octanol–water partition coefficient (Wildman–Crippen LogP) is 3.23. The van der Waals surface area contributed by atoms with E-state index < -0.39 is 20.0 Å². The molecular weight excluding hydrogens is 419 g/mol. The fraction of sp³-hybridized carbons (Fsp3) is 0.250. The maximum absolute atomic E-state index is 12.3. The van der Waals surface area contributed by atoms with Crippen molar-refractivity contribution in [2.45, 2.75) is 11.3 Å². The van der Waals surface area contributed by atoms with Gasteiger partial charge in [0.1, 0.15) is 0 Å². The molecule has 0 radical (unpaired) electrons. The number of aryl methyl sites for hydroxylation is 1. The number of benzene rings is 2. The molecule has 0 amide bonds. The van der Waals surface area contributed by atoms with Crippen LogP contribution in [0.15, 0.2) is 47.4 Å². The number of nitrogens with zero attached hydrogens (tertiary/aromatic N) is 1. The van der Waals surface area contributed by atoms with E-state index in [-0.39, 0.29) is 27.8 Å². The Kier molecular flexibility index (Phi) is 6.57. The molecule has 0 aliphatic heterocycles. The Morgan fingerprint density at radius 2 is 1.69 bits per heavy atom. The topological polar surface area (TPSA) is 83.6 Å². The summed E-state index contributed by atoms with van der Waals surface area (Å²) in [6.07, 6.45) is 0.253. The maximum Gasteiger partial charge on any atom is 0.242 e. The van der Waals surface area contributed by atoms with Crippen LogP contribution in [0.4, 0.5) is 5.69 Å². The standard InChI is InChI=1S/C16H18Cl2N2O4S2/c1-20(2)26(23,24)14-6-7-15(18)16(11-14)19-25(21,22)9-8-12-4-3-5-13(17)10-12/h3-7,10-11,19H,8-9H2,1-2H3. The molecule has 0 heterocycles. The molecule has 2 rings (SSSR count). The van der Waals surface area contributed by atoms with Gasteiger partial charge in [0, 0.05) is 19.1 Å². The summed E-state index contributed by atoms with van der Waals surface area (Å²) in [7, 11) is -4.67. The van der Waals surface area contributed by atoms with Crippen molar-refractivity contribution in [2.24, 2.45) is 0 Å². The molecule has 0 aromatic heterocycles. The summed E-state index contributed by atoms with van der Waals surface area (Å²) in [5, 5.41) is 0.631. The Morgan fingerprint density at radius 3 is 2.31 bits per heavy atom. The molecule has 0 saturated heterocycles. The van der Waals surface area contributed by atoms with Crippen LogP contribution in [0.1, 0.15) is 5.56 Å². The van der Waals surface area contributed by atoms with Gasteiger partial charge in [-0.05, 0) is 42.3 Å². The lowest BCUT2D eigenvalue weighted by molar-refractivity contribution is 0.521.